The van der Waals surface area contributed by atoms with Crippen molar-refractivity contribution in [2.45, 2.75) is 13.3 Å². The standard InChI is InChI=1S/C12H11BrN2O2/c1-8-6-9(13)2-3-11(8)15-10(4-5-14-15)7-12(16)17/h2-6H,7H2,1H3,(H,16,17). The molecule has 0 aliphatic heterocycles. The summed E-state index contributed by atoms with van der Waals surface area (Å²) in [5, 5.41) is 13.0. The summed E-state index contributed by atoms with van der Waals surface area (Å²) in [5.41, 5.74) is 2.60. The van der Waals surface area contributed by atoms with Gasteiger partial charge >= 0.3 is 5.97 Å². The second-order valence-electron chi connectivity index (χ2n) is 3.74. The molecule has 1 aromatic carbocycles. The van der Waals surface area contributed by atoms with Crippen LogP contribution in [0.5, 0.6) is 0 Å². The third kappa shape index (κ3) is 2.55. The lowest BCUT2D eigenvalue weighted by molar-refractivity contribution is -0.136. The number of benzene rings is 1. The highest BCUT2D eigenvalue weighted by atomic mass is 79.9. The molecule has 1 aromatic heterocycles. The van der Waals surface area contributed by atoms with Crippen LogP contribution in [0.4, 0.5) is 0 Å². The molecule has 2 aromatic rings. The van der Waals surface area contributed by atoms with Crippen molar-refractivity contribution in [1.82, 2.24) is 9.78 Å². The molecule has 0 saturated carbocycles. The summed E-state index contributed by atoms with van der Waals surface area (Å²) in [7, 11) is 0. The Kier molecular flexibility index (Phi) is 3.28. The highest BCUT2D eigenvalue weighted by molar-refractivity contribution is 9.10. The smallest absolute Gasteiger partial charge is 0.309 e. The zero-order valence-corrected chi connectivity index (χ0v) is 10.8. The number of hydrogen-bond donors (Lipinski definition) is 1. The van der Waals surface area contributed by atoms with Crippen molar-refractivity contribution in [3.63, 3.8) is 0 Å². The Bertz CT molecular complexity index is 563. The van der Waals surface area contributed by atoms with Gasteiger partial charge in [-0.25, -0.2) is 4.68 Å². The lowest BCUT2D eigenvalue weighted by Gasteiger charge is -2.09. The van der Waals surface area contributed by atoms with Gasteiger partial charge in [-0.1, -0.05) is 15.9 Å². The van der Waals surface area contributed by atoms with Gasteiger partial charge in [-0.05, 0) is 36.8 Å². The van der Waals surface area contributed by atoms with Crippen LogP contribution >= 0.6 is 15.9 Å². The minimum atomic E-state index is -0.860. The molecule has 0 amide bonds. The summed E-state index contributed by atoms with van der Waals surface area (Å²) < 4.78 is 2.65. The van der Waals surface area contributed by atoms with Gasteiger partial charge in [0.15, 0.2) is 0 Å². The summed E-state index contributed by atoms with van der Waals surface area (Å²) in [6.45, 7) is 1.96. The van der Waals surface area contributed by atoms with Gasteiger partial charge < -0.3 is 5.11 Å². The minimum absolute atomic E-state index is 0.0322. The molecule has 0 bridgehead atoms. The second kappa shape index (κ2) is 4.71. The fourth-order valence-corrected chi connectivity index (χ4v) is 2.17. The first-order chi connectivity index (χ1) is 8.08. The van der Waals surface area contributed by atoms with E-state index in [1.807, 2.05) is 25.1 Å². The SMILES string of the molecule is Cc1cc(Br)ccc1-n1nccc1CC(=O)O. The third-order valence-corrected chi connectivity index (χ3v) is 2.93. The molecule has 5 heteroatoms. The third-order valence-electron chi connectivity index (χ3n) is 2.44. The van der Waals surface area contributed by atoms with Gasteiger partial charge in [-0.15, -0.1) is 0 Å². The first-order valence-corrected chi connectivity index (χ1v) is 5.88. The number of aliphatic carboxylic acids is 1. The van der Waals surface area contributed by atoms with Crippen LogP contribution in [0.15, 0.2) is 34.9 Å². The summed E-state index contributed by atoms with van der Waals surface area (Å²) in [5.74, 6) is -0.860. The summed E-state index contributed by atoms with van der Waals surface area (Å²) in [6.07, 6.45) is 1.58. The molecule has 0 radical (unpaired) electrons. The fraction of sp³-hybridized carbons (Fsp3) is 0.167. The van der Waals surface area contributed by atoms with E-state index in [1.165, 1.54) is 0 Å². The van der Waals surface area contributed by atoms with E-state index in [9.17, 15) is 4.79 Å². The van der Waals surface area contributed by atoms with Crippen LogP contribution in [0.1, 0.15) is 11.3 Å². The number of hydrogen-bond acceptors (Lipinski definition) is 2. The lowest BCUT2D eigenvalue weighted by atomic mass is 10.2. The zero-order valence-electron chi connectivity index (χ0n) is 9.22. The molecule has 1 heterocycles. The van der Waals surface area contributed by atoms with E-state index in [2.05, 4.69) is 21.0 Å². The van der Waals surface area contributed by atoms with Crippen LogP contribution in [0.25, 0.3) is 5.69 Å². The number of nitrogens with zero attached hydrogens (tertiary/aromatic N) is 2. The van der Waals surface area contributed by atoms with Gasteiger partial charge in [0, 0.05) is 10.7 Å². The Morgan fingerprint density at radius 2 is 2.24 bits per heavy atom. The Morgan fingerprint density at radius 3 is 2.88 bits per heavy atom. The molecule has 0 aliphatic rings. The largest absolute Gasteiger partial charge is 0.481 e. The fourth-order valence-electron chi connectivity index (χ4n) is 1.69. The summed E-state index contributed by atoms with van der Waals surface area (Å²) in [4.78, 5) is 10.7. The van der Waals surface area contributed by atoms with Crippen molar-refractivity contribution in [3.8, 4) is 5.69 Å². The quantitative estimate of drug-likeness (QED) is 0.947. The van der Waals surface area contributed by atoms with Crippen LogP contribution in [0.3, 0.4) is 0 Å². The van der Waals surface area contributed by atoms with Gasteiger partial charge in [0.2, 0.25) is 0 Å². The molecule has 0 spiro atoms. The van der Waals surface area contributed by atoms with Crippen LogP contribution in [-0.4, -0.2) is 20.9 Å². The molecule has 0 unspecified atom stereocenters. The van der Waals surface area contributed by atoms with Crippen molar-refractivity contribution in [3.05, 3.63) is 46.2 Å². The van der Waals surface area contributed by atoms with E-state index >= 15 is 0 Å². The number of halogens is 1. The normalized spacial score (nSPS) is 10.5. The molecule has 0 atom stereocenters. The van der Waals surface area contributed by atoms with Gasteiger partial charge in [0.05, 0.1) is 17.8 Å². The van der Waals surface area contributed by atoms with Gasteiger partial charge in [-0.3, -0.25) is 4.79 Å². The highest BCUT2D eigenvalue weighted by Gasteiger charge is 2.10. The molecule has 1 N–H and O–H groups in total. The van der Waals surface area contributed by atoms with Crippen LogP contribution in [0, 0.1) is 6.92 Å². The van der Waals surface area contributed by atoms with Crippen LogP contribution in [-0.2, 0) is 11.2 Å². The Hall–Kier alpha value is -1.62. The molecule has 17 heavy (non-hydrogen) atoms. The minimum Gasteiger partial charge on any atom is -0.481 e. The monoisotopic (exact) mass is 294 g/mol. The highest BCUT2D eigenvalue weighted by Crippen LogP contribution is 2.20. The lowest BCUT2D eigenvalue weighted by Crippen LogP contribution is -2.08. The molecular weight excluding hydrogens is 284 g/mol. The molecule has 0 aliphatic carbocycles. The predicted octanol–water partition coefficient (Wildman–Crippen LogP) is 2.57. The number of rotatable bonds is 3. The van der Waals surface area contributed by atoms with E-state index in [0.29, 0.717) is 5.69 Å². The Morgan fingerprint density at radius 1 is 1.47 bits per heavy atom. The number of aromatic nitrogens is 2. The molecule has 0 saturated heterocycles. The molecule has 88 valence electrons. The predicted molar refractivity (Wildman–Crippen MR) is 67.3 cm³/mol. The maximum atomic E-state index is 10.7. The number of carboxylic acid groups (broad SMARTS) is 1. The molecule has 2 rings (SSSR count). The second-order valence-corrected chi connectivity index (χ2v) is 4.65. The van der Waals surface area contributed by atoms with Crippen molar-refractivity contribution in [2.75, 3.05) is 0 Å². The topological polar surface area (TPSA) is 55.1 Å². The van der Waals surface area contributed by atoms with Gasteiger partial charge in [0.25, 0.3) is 0 Å². The first kappa shape index (κ1) is 11.9. The van der Waals surface area contributed by atoms with E-state index in [1.54, 1.807) is 16.9 Å². The average Bonchev–Trinajstić information content (AvgIpc) is 2.65. The average molecular weight is 295 g/mol. The number of carboxylic acids is 1. The van der Waals surface area contributed by atoms with Crippen molar-refractivity contribution in [1.29, 1.82) is 0 Å². The van der Waals surface area contributed by atoms with Crippen LogP contribution in [0.2, 0.25) is 0 Å². The Balaban J connectivity index is 2.46. The van der Waals surface area contributed by atoms with E-state index in [-0.39, 0.29) is 6.42 Å². The first-order valence-electron chi connectivity index (χ1n) is 5.09. The number of carbonyl (C=O) groups is 1. The van der Waals surface area contributed by atoms with Gasteiger partial charge in [-0.2, -0.15) is 5.10 Å². The van der Waals surface area contributed by atoms with Crippen molar-refractivity contribution < 1.29 is 9.90 Å². The summed E-state index contributed by atoms with van der Waals surface area (Å²) >= 11 is 3.39. The van der Waals surface area contributed by atoms with Crippen molar-refractivity contribution >= 4 is 21.9 Å². The maximum absolute atomic E-state index is 10.7. The summed E-state index contributed by atoms with van der Waals surface area (Å²) in [6, 6.07) is 7.52. The van der Waals surface area contributed by atoms with E-state index in [4.69, 9.17) is 5.11 Å². The van der Waals surface area contributed by atoms with Crippen molar-refractivity contribution in [2.24, 2.45) is 0 Å². The van der Waals surface area contributed by atoms with E-state index in [0.717, 1.165) is 15.7 Å². The number of aryl methyl sites for hydroxylation is 1. The maximum Gasteiger partial charge on any atom is 0.309 e. The van der Waals surface area contributed by atoms with E-state index < -0.39 is 5.97 Å². The Labute approximate surface area is 107 Å². The molecular formula is C12H11BrN2O2. The molecule has 0 fully saturated rings. The van der Waals surface area contributed by atoms with Gasteiger partial charge in [0.1, 0.15) is 0 Å². The zero-order chi connectivity index (χ0) is 12.4. The van der Waals surface area contributed by atoms with Crippen LogP contribution < -0.4 is 0 Å². The molecule has 4 nitrogen and oxygen atoms in total.